The second-order valence-electron chi connectivity index (χ2n) is 3.32. The molecule has 2 N–H and O–H groups in total. The molecular formula is C9H13NO4. The Morgan fingerprint density at radius 1 is 1.64 bits per heavy atom. The van der Waals surface area contributed by atoms with Gasteiger partial charge in [-0.05, 0) is 12.5 Å². The minimum atomic E-state index is -1.00. The highest BCUT2D eigenvalue weighted by molar-refractivity contribution is 5.24. The first-order valence-corrected chi connectivity index (χ1v) is 4.51. The van der Waals surface area contributed by atoms with Gasteiger partial charge >= 0.3 is 0 Å². The molecule has 14 heavy (non-hydrogen) atoms. The zero-order chi connectivity index (χ0) is 10.7. The first-order valence-electron chi connectivity index (χ1n) is 4.51. The zero-order valence-corrected chi connectivity index (χ0v) is 7.88. The van der Waals surface area contributed by atoms with Gasteiger partial charge in [-0.3, -0.25) is 10.1 Å². The maximum atomic E-state index is 10.5. The average Bonchev–Trinajstić information content (AvgIpc) is 2.12. The molecule has 1 unspecified atom stereocenters. The van der Waals surface area contributed by atoms with E-state index < -0.39 is 11.0 Å². The van der Waals surface area contributed by atoms with E-state index in [1.807, 2.05) is 6.92 Å². The number of nitrogens with zero attached hydrogens (tertiary/aromatic N) is 1. The van der Waals surface area contributed by atoms with Crippen LogP contribution in [0.15, 0.2) is 23.6 Å². The Morgan fingerprint density at radius 3 is 2.79 bits per heavy atom. The molecule has 0 aromatic rings. The Bertz CT molecular complexity index is 295. The molecule has 5 nitrogen and oxygen atoms in total. The van der Waals surface area contributed by atoms with Crippen molar-refractivity contribution in [3.63, 3.8) is 0 Å². The Kier molecular flexibility index (Phi) is 3.24. The van der Waals surface area contributed by atoms with Crippen LogP contribution >= 0.6 is 0 Å². The van der Waals surface area contributed by atoms with Crippen LogP contribution in [0.3, 0.4) is 0 Å². The van der Waals surface area contributed by atoms with Gasteiger partial charge in [0.1, 0.15) is 11.9 Å². The van der Waals surface area contributed by atoms with Gasteiger partial charge in [0.2, 0.25) is 0 Å². The molecule has 5 heteroatoms. The summed E-state index contributed by atoms with van der Waals surface area (Å²) in [5.41, 5.74) is -0.147. The van der Waals surface area contributed by atoms with E-state index >= 15 is 0 Å². The van der Waals surface area contributed by atoms with Gasteiger partial charge in [-0.25, -0.2) is 0 Å². The van der Waals surface area contributed by atoms with Crippen molar-refractivity contribution in [3.05, 3.63) is 33.7 Å². The molecule has 0 aromatic carbocycles. The van der Waals surface area contributed by atoms with Crippen LogP contribution in [0.1, 0.15) is 19.8 Å². The molecule has 0 bridgehead atoms. The fourth-order valence-corrected chi connectivity index (χ4v) is 1.50. The minimum Gasteiger partial charge on any atom is -0.509 e. The molecule has 1 aliphatic carbocycles. The molecule has 0 aliphatic heterocycles. The first-order chi connectivity index (χ1) is 6.56. The number of aliphatic hydroxyl groups is 2. The lowest BCUT2D eigenvalue weighted by molar-refractivity contribution is -0.420. The molecule has 2 atom stereocenters. The summed E-state index contributed by atoms with van der Waals surface area (Å²) in [5.74, 6) is -0.678. The van der Waals surface area contributed by atoms with E-state index in [1.54, 1.807) is 0 Å². The molecule has 78 valence electrons. The summed E-state index contributed by atoms with van der Waals surface area (Å²) in [7, 11) is 0. The Morgan fingerprint density at radius 2 is 2.29 bits per heavy atom. The van der Waals surface area contributed by atoms with Gasteiger partial charge in [-0.15, -0.1) is 0 Å². The topological polar surface area (TPSA) is 83.6 Å². The van der Waals surface area contributed by atoms with Gasteiger partial charge in [0, 0.05) is 5.92 Å². The van der Waals surface area contributed by atoms with E-state index in [1.165, 1.54) is 6.08 Å². The Hall–Kier alpha value is -1.36. The molecule has 0 radical (unpaired) electrons. The number of allylic oxidation sites excluding steroid dienone is 1. The van der Waals surface area contributed by atoms with Crippen molar-refractivity contribution in [2.24, 2.45) is 5.92 Å². The molecule has 0 fully saturated rings. The number of nitro groups is 1. The smallest absolute Gasteiger partial charge is 0.269 e. The van der Waals surface area contributed by atoms with Crippen molar-refractivity contribution in [2.45, 2.75) is 25.9 Å². The minimum absolute atomic E-state index is 0.147. The van der Waals surface area contributed by atoms with Crippen molar-refractivity contribution in [2.75, 3.05) is 0 Å². The van der Waals surface area contributed by atoms with E-state index in [0.29, 0.717) is 6.42 Å². The lowest BCUT2D eigenvalue weighted by atomic mass is 9.91. The van der Waals surface area contributed by atoms with E-state index in [2.05, 4.69) is 0 Å². The van der Waals surface area contributed by atoms with Crippen LogP contribution in [0, 0.1) is 16.0 Å². The molecule has 0 saturated carbocycles. The highest BCUT2D eigenvalue weighted by Crippen LogP contribution is 2.25. The summed E-state index contributed by atoms with van der Waals surface area (Å²) in [6.07, 6.45) is 2.82. The van der Waals surface area contributed by atoms with Gasteiger partial charge in [-0.2, -0.15) is 0 Å². The first kappa shape index (κ1) is 10.7. The summed E-state index contributed by atoms with van der Waals surface area (Å²) in [6, 6.07) is 0. The summed E-state index contributed by atoms with van der Waals surface area (Å²) >= 11 is 0. The highest BCUT2D eigenvalue weighted by atomic mass is 16.6. The Labute approximate surface area is 81.5 Å². The van der Waals surface area contributed by atoms with Crippen molar-refractivity contribution >= 4 is 0 Å². The van der Waals surface area contributed by atoms with Crippen molar-refractivity contribution in [1.29, 1.82) is 0 Å². The predicted molar refractivity (Wildman–Crippen MR) is 50.2 cm³/mol. The fourth-order valence-electron chi connectivity index (χ4n) is 1.50. The standard InChI is InChI=1S/C9H13NO4/c1-2-3-6-4-7(10(13)14)5-8(11)9(6)12/h4-6,9,11-12H,2-3H2,1H3/t6?,9-/m0/s1. The highest BCUT2D eigenvalue weighted by Gasteiger charge is 2.28. The molecule has 0 aromatic heterocycles. The summed E-state index contributed by atoms with van der Waals surface area (Å²) in [6.45, 7) is 1.92. The quantitative estimate of drug-likeness (QED) is 0.531. The van der Waals surface area contributed by atoms with Gasteiger partial charge in [0.15, 0.2) is 0 Å². The monoisotopic (exact) mass is 199 g/mol. The molecule has 0 amide bonds. The van der Waals surface area contributed by atoms with Crippen LogP contribution in [0.4, 0.5) is 0 Å². The van der Waals surface area contributed by atoms with Crippen LogP contribution in [-0.2, 0) is 0 Å². The van der Waals surface area contributed by atoms with E-state index in [0.717, 1.165) is 12.5 Å². The molecule has 0 saturated heterocycles. The third-order valence-corrected chi connectivity index (χ3v) is 2.22. The van der Waals surface area contributed by atoms with E-state index in [9.17, 15) is 20.3 Å². The second-order valence-corrected chi connectivity index (χ2v) is 3.32. The van der Waals surface area contributed by atoms with Crippen LogP contribution < -0.4 is 0 Å². The van der Waals surface area contributed by atoms with Gasteiger partial charge in [-0.1, -0.05) is 13.3 Å². The fraction of sp³-hybridized carbons (Fsp3) is 0.556. The van der Waals surface area contributed by atoms with E-state index in [4.69, 9.17) is 0 Å². The van der Waals surface area contributed by atoms with Gasteiger partial charge in [0.05, 0.1) is 11.0 Å². The third-order valence-electron chi connectivity index (χ3n) is 2.22. The lowest BCUT2D eigenvalue weighted by Crippen LogP contribution is -2.25. The predicted octanol–water partition coefficient (Wildman–Crippen LogP) is 1.38. The molecule has 1 rings (SSSR count). The van der Waals surface area contributed by atoms with Gasteiger partial charge < -0.3 is 10.2 Å². The van der Waals surface area contributed by atoms with Crippen LogP contribution in [0.5, 0.6) is 0 Å². The summed E-state index contributed by atoms with van der Waals surface area (Å²) < 4.78 is 0. The van der Waals surface area contributed by atoms with Crippen LogP contribution in [0.25, 0.3) is 0 Å². The van der Waals surface area contributed by atoms with Crippen molar-refractivity contribution in [1.82, 2.24) is 0 Å². The van der Waals surface area contributed by atoms with Crippen molar-refractivity contribution in [3.8, 4) is 0 Å². The van der Waals surface area contributed by atoms with E-state index in [-0.39, 0.29) is 17.4 Å². The SMILES string of the molecule is CCCC1C=C([N+](=O)[O-])C=C(O)[C@H]1O. The summed E-state index contributed by atoms with van der Waals surface area (Å²) in [5, 5.41) is 29.2. The van der Waals surface area contributed by atoms with Crippen LogP contribution in [0.2, 0.25) is 0 Å². The normalized spacial score (nSPS) is 26.7. The zero-order valence-electron chi connectivity index (χ0n) is 7.88. The van der Waals surface area contributed by atoms with Crippen LogP contribution in [-0.4, -0.2) is 21.2 Å². The maximum Gasteiger partial charge on any atom is 0.269 e. The van der Waals surface area contributed by atoms with Gasteiger partial charge in [0.25, 0.3) is 5.70 Å². The third kappa shape index (κ3) is 2.11. The lowest BCUT2D eigenvalue weighted by Gasteiger charge is -2.21. The molecular weight excluding hydrogens is 186 g/mol. The largest absolute Gasteiger partial charge is 0.509 e. The summed E-state index contributed by atoms with van der Waals surface area (Å²) in [4.78, 5) is 9.89. The number of rotatable bonds is 3. The maximum absolute atomic E-state index is 10.5. The molecule has 0 heterocycles. The average molecular weight is 199 g/mol. The molecule has 1 aliphatic rings. The number of aliphatic hydroxyl groups excluding tert-OH is 2. The number of hydrogen-bond acceptors (Lipinski definition) is 4. The van der Waals surface area contributed by atoms with Crippen molar-refractivity contribution < 1.29 is 15.1 Å². The molecule has 0 spiro atoms. The Balaban J connectivity index is 2.89. The number of hydrogen-bond donors (Lipinski definition) is 2. The second kappa shape index (κ2) is 4.23.